The molecule has 0 aliphatic carbocycles. The molecule has 5 rings (SSSR count). The van der Waals surface area contributed by atoms with Crippen molar-refractivity contribution in [2.24, 2.45) is 0 Å². The second kappa shape index (κ2) is 8.30. The second-order valence-electron chi connectivity index (χ2n) is 7.02. The summed E-state index contributed by atoms with van der Waals surface area (Å²) in [6, 6.07) is 20.8. The summed E-state index contributed by atoms with van der Waals surface area (Å²) >= 11 is 5.19. The summed E-state index contributed by atoms with van der Waals surface area (Å²) in [7, 11) is 0. The van der Waals surface area contributed by atoms with Crippen LogP contribution in [0.4, 0.5) is 0 Å². The average Bonchev–Trinajstić information content (AvgIpc) is 3.40. The number of thiazole rings is 1. The fourth-order valence-corrected chi connectivity index (χ4v) is 6.70. The Hall–Kier alpha value is -2.15. The van der Waals surface area contributed by atoms with Crippen LogP contribution >= 0.6 is 34.4 Å². The van der Waals surface area contributed by atoms with Crippen LogP contribution in [0.25, 0.3) is 10.2 Å². The molecule has 0 bridgehead atoms. The second-order valence-corrected chi connectivity index (χ2v) is 10.1. The molecular weight excluding hydrogens is 416 g/mol. The quantitative estimate of drug-likeness (QED) is 0.398. The molecule has 3 heterocycles. The van der Waals surface area contributed by atoms with Gasteiger partial charge < -0.3 is 4.90 Å². The third-order valence-electron chi connectivity index (χ3n) is 5.19. The van der Waals surface area contributed by atoms with Gasteiger partial charge in [0.25, 0.3) is 0 Å². The summed E-state index contributed by atoms with van der Waals surface area (Å²) in [4.78, 5) is 21.3. The van der Waals surface area contributed by atoms with Gasteiger partial charge in [-0.25, -0.2) is 4.98 Å². The van der Waals surface area contributed by atoms with Crippen LogP contribution < -0.4 is 0 Å². The molecule has 1 amide bonds. The maximum atomic E-state index is 13.2. The number of hydrogen-bond acceptors (Lipinski definition) is 5. The smallest absolute Gasteiger partial charge is 0.233 e. The van der Waals surface area contributed by atoms with Crippen molar-refractivity contribution in [1.29, 1.82) is 0 Å². The highest BCUT2D eigenvalue weighted by atomic mass is 32.2. The first-order valence-electron chi connectivity index (χ1n) is 9.62. The van der Waals surface area contributed by atoms with Crippen molar-refractivity contribution < 1.29 is 4.79 Å². The Morgan fingerprint density at radius 1 is 1.10 bits per heavy atom. The van der Waals surface area contributed by atoms with Gasteiger partial charge >= 0.3 is 0 Å². The maximum Gasteiger partial charge on any atom is 0.233 e. The first kappa shape index (κ1) is 18.9. The number of para-hydroxylation sites is 1. The summed E-state index contributed by atoms with van der Waals surface area (Å²) < 4.78 is 1.21. The molecule has 0 spiro atoms. The molecule has 146 valence electrons. The van der Waals surface area contributed by atoms with E-state index in [0.29, 0.717) is 5.75 Å². The molecular formula is C23H20N2OS3. The standard InChI is InChI=1S/C23H20N2OS3/c26-22(15-27-14-21-24-18-8-4-5-9-20(18)29-21)25-12-10-19-17(11-13-28-19)23(25)16-6-2-1-3-7-16/h1-9,11,13,23H,10,12,14-15H2. The van der Waals surface area contributed by atoms with Crippen LogP contribution in [0, 0.1) is 0 Å². The highest BCUT2D eigenvalue weighted by Crippen LogP contribution is 2.38. The van der Waals surface area contributed by atoms with Crippen LogP contribution in [-0.4, -0.2) is 28.1 Å². The van der Waals surface area contributed by atoms with Crippen molar-refractivity contribution in [3.63, 3.8) is 0 Å². The molecule has 3 nitrogen and oxygen atoms in total. The van der Waals surface area contributed by atoms with E-state index in [1.807, 2.05) is 24.3 Å². The lowest BCUT2D eigenvalue weighted by Crippen LogP contribution is -2.41. The van der Waals surface area contributed by atoms with E-state index in [0.717, 1.165) is 29.2 Å². The summed E-state index contributed by atoms with van der Waals surface area (Å²) in [5.74, 6) is 1.47. The molecule has 6 heteroatoms. The maximum absolute atomic E-state index is 13.2. The van der Waals surface area contributed by atoms with Crippen molar-refractivity contribution in [2.75, 3.05) is 12.3 Å². The monoisotopic (exact) mass is 436 g/mol. The fourth-order valence-electron chi connectivity index (χ4n) is 3.87. The Bertz CT molecular complexity index is 1100. The Balaban J connectivity index is 1.30. The Kier molecular flexibility index (Phi) is 5.40. The van der Waals surface area contributed by atoms with Crippen LogP contribution in [0.3, 0.4) is 0 Å². The van der Waals surface area contributed by atoms with Crippen molar-refractivity contribution in [1.82, 2.24) is 9.88 Å². The molecule has 0 fully saturated rings. The molecule has 2 aromatic heterocycles. The number of carbonyl (C=O) groups is 1. The van der Waals surface area contributed by atoms with Gasteiger partial charge in [0.1, 0.15) is 5.01 Å². The van der Waals surface area contributed by atoms with E-state index in [9.17, 15) is 4.79 Å². The fraction of sp³-hybridized carbons (Fsp3) is 0.217. The number of rotatable bonds is 5. The van der Waals surface area contributed by atoms with Gasteiger partial charge in [-0.05, 0) is 41.1 Å². The van der Waals surface area contributed by atoms with E-state index >= 15 is 0 Å². The van der Waals surface area contributed by atoms with Crippen LogP contribution in [-0.2, 0) is 17.0 Å². The van der Waals surface area contributed by atoms with Crippen molar-refractivity contribution in [3.8, 4) is 0 Å². The van der Waals surface area contributed by atoms with Crippen molar-refractivity contribution in [3.05, 3.63) is 87.1 Å². The zero-order valence-electron chi connectivity index (χ0n) is 15.8. The Morgan fingerprint density at radius 3 is 2.79 bits per heavy atom. The van der Waals surface area contributed by atoms with Gasteiger partial charge in [-0.3, -0.25) is 4.79 Å². The molecule has 1 aliphatic rings. The topological polar surface area (TPSA) is 33.2 Å². The van der Waals surface area contributed by atoms with Gasteiger partial charge in [0.05, 0.1) is 22.0 Å². The van der Waals surface area contributed by atoms with Gasteiger partial charge in [0.15, 0.2) is 0 Å². The lowest BCUT2D eigenvalue weighted by Gasteiger charge is -2.36. The third-order valence-corrected chi connectivity index (χ3v) is 8.34. The number of thioether (sulfide) groups is 1. The number of aromatic nitrogens is 1. The van der Waals surface area contributed by atoms with E-state index in [-0.39, 0.29) is 11.9 Å². The predicted molar refractivity (Wildman–Crippen MR) is 124 cm³/mol. The summed E-state index contributed by atoms with van der Waals surface area (Å²) in [5.41, 5.74) is 3.53. The zero-order valence-corrected chi connectivity index (χ0v) is 18.2. The van der Waals surface area contributed by atoms with E-state index in [1.165, 1.54) is 20.7 Å². The van der Waals surface area contributed by atoms with Crippen LogP contribution in [0.15, 0.2) is 66.0 Å². The van der Waals surface area contributed by atoms with E-state index in [1.54, 1.807) is 34.4 Å². The third kappa shape index (κ3) is 3.84. The number of thiophene rings is 1. The SMILES string of the molecule is O=C(CSCc1nc2ccccc2s1)N1CCc2sccc2C1c1ccccc1. The van der Waals surface area contributed by atoms with Gasteiger partial charge in [0.2, 0.25) is 5.91 Å². The van der Waals surface area contributed by atoms with E-state index in [2.05, 4.69) is 51.7 Å². The van der Waals surface area contributed by atoms with Crippen LogP contribution in [0.2, 0.25) is 0 Å². The highest BCUT2D eigenvalue weighted by Gasteiger charge is 2.32. The molecule has 0 saturated carbocycles. The van der Waals surface area contributed by atoms with Gasteiger partial charge in [0, 0.05) is 17.2 Å². The Morgan fingerprint density at radius 2 is 1.93 bits per heavy atom. The van der Waals surface area contributed by atoms with Crippen LogP contribution in [0.1, 0.15) is 27.1 Å². The molecule has 0 saturated heterocycles. The minimum atomic E-state index is 0.0294. The molecule has 1 atom stereocenters. The molecule has 2 aromatic carbocycles. The molecule has 1 aliphatic heterocycles. The number of fused-ring (bicyclic) bond motifs is 2. The average molecular weight is 437 g/mol. The summed E-state index contributed by atoms with van der Waals surface area (Å²) in [6.07, 6.45) is 0.949. The van der Waals surface area contributed by atoms with Crippen molar-refractivity contribution >= 4 is 50.6 Å². The van der Waals surface area contributed by atoms with E-state index < -0.39 is 0 Å². The van der Waals surface area contributed by atoms with E-state index in [4.69, 9.17) is 0 Å². The molecule has 1 unspecified atom stereocenters. The first-order chi connectivity index (χ1) is 14.3. The zero-order chi connectivity index (χ0) is 19.6. The number of amides is 1. The Labute approximate surface area is 182 Å². The predicted octanol–water partition coefficient (Wildman–Crippen LogP) is 5.77. The van der Waals surface area contributed by atoms with Gasteiger partial charge in [-0.2, -0.15) is 0 Å². The molecule has 0 radical (unpaired) electrons. The number of carbonyl (C=O) groups excluding carboxylic acids is 1. The lowest BCUT2D eigenvalue weighted by atomic mass is 9.93. The van der Waals surface area contributed by atoms with Crippen molar-refractivity contribution in [2.45, 2.75) is 18.2 Å². The number of hydrogen-bond donors (Lipinski definition) is 0. The molecule has 29 heavy (non-hydrogen) atoms. The molecule has 0 N–H and O–H groups in total. The number of benzene rings is 2. The largest absolute Gasteiger partial charge is 0.330 e. The lowest BCUT2D eigenvalue weighted by molar-refractivity contribution is -0.130. The van der Waals surface area contributed by atoms with Crippen LogP contribution in [0.5, 0.6) is 0 Å². The first-order valence-corrected chi connectivity index (χ1v) is 12.5. The highest BCUT2D eigenvalue weighted by molar-refractivity contribution is 7.99. The summed E-state index contributed by atoms with van der Waals surface area (Å²) in [5, 5.41) is 3.23. The molecule has 4 aromatic rings. The van der Waals surface area contributed by atoms with Gasteiger partial charge in [-0.15, -0.1) is 34.4 Å². The summed E-state index contributed by atoms with van der Waals surface area (Å²) in [6.45, 7) is 0.785. The normalized spacial score (nSPS) is 16.1. The van der Waals surface area contributed by atoms with Gasteiger partial charge in [-0.1, -0.05) is 42.5 Å². The minimum absolute atomic E-state index is 0.0294. The minimum Gasteiger partial charge on any atom is -0.330 e. The number of nitrogens with zero attached hydrogens (tertiary/aromatic N) is 2.